The van der Waals surface area contributed by atoms with Crippen LogP contribution in [0.15, 0.2) is 41.4 Å². The lowest BCUT2D eigenvalue weighted by Crippen LogP contribution is -2.09. The lowest BCUT2D eigenvalue weighted by molar-refractivity contribution is 0.0685. The van der Waals surface area contributed by atoms with Gasteiger partial charge in [-0.2, -0.15) is 0 Å². The molecular formula is C18H21NO4S. The van der Waals surface area contributed by atoms with Crippen molar-refractivity contribution in [2.45, 2.75) is 49.3 Å². The van der Waals surface area contributed by atoms with Crippen molar-refractivity contribution in [1.29, 1.82) is 0 Å². The SMILES string of the molecule is CC(C)c1cc(C(=O)O)n(Cc2ccc(S(=O)(=O)C3CC3)cc2)c1. The standard InChI is InChI=1S/C18H21NO4S/c1-12(2)14-9-17(18(20)21)19(11-14)10-13-3-5-15(6-4-13)24(22,23)16-7-8-16/h3-6,9,11-12,16H,7-8,10H2,1-2H3,(H,20,21). The summed E-state index contributed by atoms with van der Waals surface area (Å²) < 4.78 is 26.1. The van der Waals surface area contributed by atoms with E-state index in [1.54, 1.807) is 34.9 Å². The summed E-state index contributed by atoms with van der Waals surface area (Å²) in [5, 5.41) is 9.14. The highest BCUT2D eigenvalue weighted by atomic mass is 32.2. The first-order valence-corrected chi connectivity index (χ1v) is 9.60. The minimum absolute atomic E-state index is 0.222. The van der Waals surface area contributed by atoms with Gasteiger partial charge in [0.15, 0.2) is 9.84 Å². The van der Waals surface area contributed by atoms with Gasteiger partial charge in [-0.15, -0.1) is 0 Å². The van der Waals surface area contributed by atoms with Gasteiger partial charge in [-0.3, -0.25) is 0 Å². The van der Waals surface area contributed by atoms with E-state index in [0.29, 0.717) is 11.4 Å². The van der Waals surface area contributed by atoms with Crippen molar-refractivity contribution in [3.05, 3.63) is 53.3 Å². The molecule has 0 atom stereocenters. The first-order chi connectivity index (χ1) is 11.3. The highest BCUT2D eigenvalue weighted by Gasteiger charge is 2.36. The monoisotopic (exact) mass is 347 g/mol. The second-order valence-corrected chi connectivity index (χ2v) is 8.86. The first-order valence-electron chi connectivity index (χ1n) is 8.05. The minimum Gasteiger partial charge on any atom is -0.477 e. The number of aromatic nitrogens is 1. The zero-order valence-electron chi connectivity index (χ0n) is 13.8. The Kier molecular flexibility index (Phi) is 4.25. The fourth-order valence-corrected chi connectivity index (χ4v) is 4.37. The summed E-state index contributed by atoms with van der Waals surface area (Å²) >= 11 is 0. The fraction of sp³-hybridized carbons (Fsp3) is 0.389. The average Bonchev–Trinajstić information content (AvgIpc) is 3.29. The smallest absolute Gasteiger partial charge is 0.352 e. The largest absolute Gasteiger partial charge is 0.477 e. The molecule has 1 aromatic heterocycles. The summed E-state index contributed by atoms with van der Waals surface area (Å²) in [6.45, 7) is 4.43. The van der Waals surface area contributed by atoms with Crippen molar-refractivity contribution in [1.82, 2.24) is 4.57 Å². The molecule has 6 heteroatoms. The van der Waals surface area contributed by atoms with Crippen molar-refractivity contribution in [2.75, 3.05) is 0 Å². The third-order valence-electron chi connectivity index (χ3n) is 4.37. The summed E-state index contributed by atoms with van der Waals surface area (Å²) in [6.07, 6.45) is 3.34. The summed E-state index contributed by atoms with van der Waals surface area (Å²) in [6, 6.07) is 8.46. The molecule has 128 valence electrons. The van der Waals surface area contributed by atoms with Crippen molar-refractivity contribution in [3.63, 3.8) is 0 Å². The van der Waals surface area contributed by atoms with Crippen molar-refractivity contribution >= 4 is 15.8 Å². The van der Waals surface area contributed by atoms with Crippen LogP contribution in [0.3, 0.4) is 0 Å². The number of sulfone groups is 1. The van der Waals surface area contributed by atoms with Gasteiger partial charge >= 0.3 is 5.97 Å². The maximum atomic E-state index is 12.2. The molecule has 1 saturated carbocycles. The third-order valence-corrected chi connectivity index (χ3v) is 6.65. The minimum atomic E-state index is -3.19. The molecule has 0 saturated heterocycles. The molecular weight excluding hydrogens is 326 g/mol. The topological polar surface area (TPSA) is 76.4 Å². The van der Waals surface area contributed by atoms with E-state index in [4.69, 9.17) is 0 Å². The summed E-state index contributed by atoms with van der Waals surface area (Å²) in [4.78, 5) is 11.8. The lowest BCUT2D eigenvalue weighted by atomic mass is 10.1. The van der Waals surface area contributed by atoms with Gasteiger partial charge in [-0.05, 0) is 48.1 Å². The Hall–Kier alpha value is -2.08. The number of carboxylic acid groups (broad SMARTS) is 1. The van der Waals surface area contributed by atoms with E-state index in [1.165, 1.54) is 0 Å². The zero-order chi connectivity index (χ0) is 17.5. The molecule has 0 bridgehead atoms. The van der Waals surface area contributed by atoms with Crippen LogP contribution in [-0.4, -0.2) is 29.3 Å². The zero-order valence-corrected chi connectivity index (χ0v) is 14.6. The number of rotatable bonds is 6. The van der Waals surface area contributed by atoms with Gasteiger partial charge in [-0.1, -0.05) is 26.0 Å². The first kappa shape index (κ1) is 16.8. The molecule has 2 aromatic rings. The van der Waals surface area contributed by atoms with Crippen LogP contribution in [-0.2, 0) is 16.4 Å². The molecule has 1 fully saturated rings. The Balaban J connectivity index is 1.85. The number of carbonyl (C=O) groups is 1. The molecule has 0 radical (unpaired) electrons. The van der Waals surface area contributed by atoms with Crippen LogP contribution < -0.4 is 0 Å². The van der Waals surface area contributed by atoms with Crippen LogP contribution >= 0.6 is 0 Å². The summed E-state index contributed by atoms with van der Waals surface area (Å²) in [5.74, 6) is -0.717. The number of aromatic carboxylic acids is 1. The van der Waals surface area contributed by atoms with Crippen molar-refractivity contribution in [3.8, 4) is 0 Å². The number of carboxylic acids is 1. The number of nitrogens with zero attached hydrogens (tertiary/aromatic N) is 1. The Morgan fingerprint density at radius 1 is 1.25 bits per heavy atom. The van der Waals surface area contributed by atoms with Crippen LogP contribution in [0.4, 0.5) is 0 Å². The molecule has 1 heterocycles. The molecule has 0 spiro atoms. The second-order valence-electron chi connectivity index (χ2n) is 6.63. The Morgan fingerprint density at radius 2 is 1.88 bits per heavy atom. The van der Waals surface area contributed by atoms with Crippen LogP contribution in [0.5, 0.6) is 0 Å². The normalized spacial score (nSPS) is 15.0. The van der Waals surface area contributed by atoms with Crippen molar-refractivity contribution in [2.24, 2.45) is 0 Å². The number of benzene rings is 1. The molecule has 24 heavy (non-hydrogen) atoms. The molecule has 0 aliphatic heterocycles. The molecule has 5 nitrogen and oxygen atoms in total. The van der Waals surface area contributed by atoms with Crippen LogP contribution in [0, 0.1) is 0 Å². The van der Waals surface area contributed by atoms with E-state index in [-0.39, 0.29) is 16.9 Å². The lowest BCUT2D eigenvalue weighted by Gasteiger charge is -2.08. The Labute approximate surface area is 141 Å². The molecule has 1 aliphatic carbocycles. The van der Waals surface area contributed by atoms with E-state index >= 15 is 0 Å². The maximum Gasteiger partial charge on any atom is 0.352 e. The number of hydrogen-bond donors (Lipinski definition) is 1. The van der Waals surface area contributed by atoms with Gasteiger partial charge in [-0.25, -0.2) is 13.2 Å². The second kappa shape index (κ2) is 6.09. The Morgan fingerprint density at radius 3 is 2.38 bits per heavy atom. The van der Waals surface area contributed by atoms with E-state index in [0.717, 1.165) is 24.0 Å². The van der Waals surface area contributed by atoms with Crippen LogP contribution in [0.25, 0.3) is 0 Å². The molecule has 0 unspecified atom stereocenters. The molecule has 1 aromatic carbocycles. The van der Waals surface area contributed by atoms with Gasteiger partial charge in [0, 0.05) is 12.7 Å². The summed E-state index contributed by atoms with van der Waals surface area (Å²) in [5.41, 5.74) is 2.09. The number of hydrogen-bond acceptors (Lipinski definition) is 3. The van der Waals surface area contributed by atoms with Gasteiger partial charge in [0.25, 0.3) is 0 Å². The predicted molar refractivity (Wildman–Crippen MR) is 91.2 cm³/mol. The maximum absolute atomic E-state index is 12.2. The van der Waals surface area contributed by atoms with E-state index in [1.807, 2.05) is 20.0 Å². The van der Waals surface area contributed by atoms with Crippen LogP contribution in [0.2, 0.25) is 0 Å². The molecule has 1 N–H and O–H groups in total. The van der Waals surface area contributed by atoms with E-state index < -0.39 is 15.8 Å². The van der Waals surface area contributed by atoms with Gasteiger partial charge in [0.05, 0.1) is 10.1 Å². The predicted octanol–water partition coefficient (Wildman–Crippen LogP) is 3.29. The van der Waals surface area contributed by atoms with E-state index in [9.17, 15) is 18.3 Å². The fourth-order valence-electron chi connectivity index (χ4n) is 2.71. The van der Waals surface area contributed by atoms with Gasteiger partial charge in [0.2, 0.25) is 0 Å². The highest BCUT2D eigenvalue weighted by Crippen LogP contribution is 2.33. The molecule has 0 amide bonds. The highest BCUT2D eigenvalue weighted by molar-refractivity contribution is 7.92. The van der Waals surface area contributed by atoms with Gasteiger partial charge in [0.1, 0.15) is 5.69 Å². The van der Waals surface area contributed by atoms with E-state index in [2.05, 4.69) is 0 Å². The average molecular weight is 347 g/mol. The molecule has 1 aliphatic rings. The quantitative estimate of drug-likeness (QED) is 0.870. The third kappa shape index (κ3) is 3.24. The van der Waals surface area contributed by atoms with Crippen LogP contribution in [0.1, 0.15) is 54.2 Å². The van der Waals surface area contributed by atoms with Gasteiger partial charge < -0.3 is 9.67 Å². The summed E-state index contributed by atoms with van der Waals surface area (Å²) in [7, 11) is -3.19. The Bertz CT molecular complexity index is 859. The van der Waals surface area contributed by atoms with Crippen molar-refractivity contribution < 1.29 is 18.3 Å². The molecule has 3 rings (SSSR count).